The minimum Gasteiger partial charge on any atom is -0.368 e. The smallest absolute Gasteiger partial charge is 0.368 e. The zero-order chi connectivity index (χ0) is 15.3. The maximum Gasteiger partial charge on any atom is 0.471 e. The Balaban J connectivity index is 2.67. The van der Waals surface area contributed by atoms with Crippen LogP contribution in [0.3, 0.4) is 0 Å². The average molecular weight is 289 g/mol. The van der Waals surface area contributed by atoms with Crippen molar-refractivity contribution in [1.82, 2.24) is 5.32 Å². The molecule has 5 nitrogen and oxygen atoms in total. The number of primary amides is 1. The lowest BCUT2D eigenvalue weighted by Gasteiger charge is -2.12. The fraction of sp³-hybridized carbons (Fsp3) is 0.333. The molecule has 1 aromatic rings. The van der Waals surface area contributed by atoms with Gasteiger partial charge in [0, 0.05) is 12.2 Å². The standard InChI is InChI=1S/C12H14F3N3O2/c1-7(10(16)19)17-6-8-3-2-4-9(5-8)18-11(20)12(13,14)15/h2-5,7,17H,6H2,1H3,(H2,16,19)(H,18,20). The Morgan fingerprint density at radius 3 is 2.55 bits per heavy atom. The van der Waals surface area contributed by atoms with Gasteiger partial charge in [0.15, 0.2) is 0 Å². The van der Waals surface area contributed by atoms with Crippen LogP contribution in [-0.4, -0.2) is 24.0 Å². The molecule has 110 valence electrons. The van der Waals surface area contributed by atoms with Gasteiger partial charge in [0.2, 0.25) is 5.91 Å². The van der Waals surface area contributed by atoms with Crippen molar-refractivity contribution in [2.45, 2.75) is 25.7 Å². The monoisotopic (exact) mass is 289 g/mol. The normalized spacial score (nSPS) is 12.8. The molecule has 0 bridgehead atoms. The van der Waals surface area contributed by atoms with Gasteiger partial charge in [0.25, 0.3) is 0 Å². The number of amides is 2. The Morgan fingerprint density at radius 2 is 2.00 bits per heavy atom. The summed E-state index contributed by atoms with van der Waals surface area (Å²) >= 11 is 0. The van der Waals surface area contributed by atoms with Crippen molar-refractivity contribution in [3.63, 3.8) is 0 Å². The van der Waals surface area contributed by atoms with Gasteiger partial charge in [-0.1, -0.05) is 12.1 Å². The van der Waals surface area contributed by atoms with Crippen LogP contribution < -0.4 is 16.4 Å². The Bertz CT molecular complexity index is 503. The van der Waals surface area contributed by atoms with E-state index in [0.717, 1.165) is 0 Å². The van der Waals surface area contributed by atoms with Gasteiger partial charge in [-0.15, -0.1) is 0 Å². The van der Waals surface area contributed by atoms with Crippen LogP contribution in [0.15, 0.2) is 24.3 Å². The van der Waals surface area contributed by atoms with Crippen LogP contribution in [-0.2, 0) is 16.1 Å². The van der Waals surface area contributed by atoms with Gasteiger partial charge in [-0.3, -0.25) is 9.59 Å². The van der Waals surface area contributed by atoms with E-state index in [2.05, 4.69) is 5.32 Å². The van der Waals surface area contributed by atoms with Crippen LogP contribution in [0.2, 0.25) is 0 Å². The number of benzene rings is 1. The molecular formula is C12H14F3N3O2. The lowest BCUT2D eigenvalue weighted by molar-refractivity contribution is -0.167. The predicted octanol–water partition coefficient (Wildman–Crippen LogP) is 1.15. The molecule has 4 N–H and O–H groups in total. The zero-order valence-electron chi connectivity index (χ0n) is 10.6. The molecule has 0 heterocycles. The summed E-state index contributed by atoms with van der Waals surface area (Å²) in [4.78, 5) is 21.6. The molecule has 1 rings (SSSR count). The summed E-state index contributed by atoms with van der Waals surface area (Å²) in [5.74, 6) is -2.57. The maximum atomic E-state index is 12.1. The molecule has 1 aromatic carbocycles. The molecule has 0 aliphatic carbocycles. The van der Waals surface area contributed by atoms with E-state index >= 15 is 0 Å². The topological polar surface area (TPSA) is 84.2 Å². The lowest BCUT2D eigenvalue weighted by Crippen LogP contribution is -2.38. The predicted molar refractivity (Wildman–Crippen MR) is 66.6 cm³/mol. The summed E-state index contributed by atoms with van der Waals surface area (Å²) in [5, 5.41) is 4.55. The van der Waals surface area contributed by atoms with Gasteiger partial charge in [-0.25, -0.2) is 0 Å². The highest BCUT2D eigenvalue weighted by molar-refractivity contribution is 5.94. The van der Waals surface area contributed by atoms with Crippen molar-refractivity contribution in [2.75, 3.05) is 5.32 Å². The Hall–Kier alpha value is -2.09. The largest absolute Gasteiger partial charge is 0.471 e. The minimum atomic E-state index is -4.94. The first-order chi connectivity index (χ1) is 9.20. The number of anilines is 1. The number of rotatable bonds is 5. The Kier molecular flexibility index (Phi) is 5.09. The molecule has 0 aromatic heterocycles. The van der Waals surface area contributed by atoms with E-state index in [-0.39, 0.29) is 12.2 Å². The van der Waals surface area contributed by atoms with Crippen molar-refractivity contribution >= 4 is 17.5 Å². The third kappa shape index (κ3) is 4.88. The molecule has 1 atom stereocenters. The second kappa shape index (κ2) is 6.38. The Morgan fingerprint density at radius 1 is 1.35 bits per heavy atom. The fourth-order valence-corrected chi connectivity index (χ4v) is 1.33. The third-order valence-corrected chi connectivity index (χ3v) is 2.48. The molecule has 0 aliphatic rings. The van der Waals surface area contributed by atoms with E-state index in [4.69, 9.17) is 5.73 Å². The molecular weight excluding hydrogens is 275 g/mol. The number of halogens is 3. The highest BCUT2D eigenvalue weighted by Crippen LogP contribution is 2.18. The number of nitrogens with two attached hydrogens (primary N) is 1. The van der Waals surface area contributed by atoms with E-state index in [1.54, 1.807) is 18.3 Å². The summed E-state index contributed by atoms with van der Waals surface area (Å²) in [5.41, 5.74) is 5.70. The molecule has 0 saturated carbocycles. The van der Waals surface area contributed by atoms with Gasteiger partial charge < -0.3 is 16.4 Å². The molecule has 0 aliphatic heterocycles. The molecule has 8 heteroatoms. The van der Waals surface area contributed by atoms with E-state index in [1.807, 2.05) is 0 Å². The number of alkyl halides is 3. The highest BCUT2D eigenvalue weighted by atomic mass is 19.4. The van der Waals surface area contributed by atoms with Crippen molar-refractivity contribution in [1.29, 1.82) is 0 Å². The van der Waals surface area contributed by atoms with Crippen LogP contribution in [0.25, 0.3) is 0 Å². The number of carbonyl (C=O) groups is 2. The number of hydrogen-bond acceptors (Lipinski definition) is 3. The molecule has 20 heavy (non-hydrogen) atoms. The highest BCUT2D eigenvalue weighted by Gasteiger charge is 2.38. The summed E-state index contributed by atoms with van der Waals surface area (Å²) in [6.45, 7) is 1.80. The van der Waals surface area contributed by atoms with Crippen LogP contribution in [0, 0.1) is 0 Å². The quantitative estimate of drug-likeness (QED) is 0.760. The van der Waals surface area contributed by atoms with Crippen molar-refractivity contribution < 1.29 is 22.8 Å². The molecule has 0 saturated heterocycles. The maximum absolute atomic E-state index is 12.1. The zero-order valence-corrected chi connectivity index (χ0v) is 10.6. The van der Waals surface area contributed by atoms with Crippen LogP contribution in [0.4, 0.5) is 18.9 Å². The first-order valence-electron chi connectivity index (χ1n) is 5.70. The van der Waals surface area contributed by atoms with E-state index in [0.29, 0.717) is 5.56 Å². The van der Waals surface area contributed by atoms with E-state index in [9.17, 15) is 22.8 Å². The second-order valence-corrected chi connectivity index (χ2v) is 4.16. The minimum absolute atomic E-state index is 0.0263. The van der Waals surface area contributed by atoms with Gasteiger partial charge in [0.1, 0.15) is 0 Å². The average Bonchev–Trinajstić information content (AvgIpc) is 2.35. The molecule has 0 spiro atoms. The first kappa shape index (κ1) is 16.0. The summed E-state index contributed by atoms with van der Waals surface area (Å²) in [6.07, 6.45) is -4.94. The van der Waals surface area contributed by atoms with Gasteiger partial charge >= 0.3 is 12.1 Å². The molecule has 2 amide bonds. The summed E-state index contributed by atoms with van der Waals surface area (Å²) < 4.78 is 36.3. The van der Waals surface area contributed by atoms with Gasteiger partial charge in [-0.2, -0.15) is 13.2 Å². The van der Waals surface area contributed by atoms with Gasteiger partial charge in [-0.05, 0) is 24.6 Å². The number of carbonyl (C=O) groups excluding carboxylic acids is 2. The third-order valence-electron chi connectivity index (χ3n) is 2.48. The fourth-order valence-electron chi connectivity index (χ4n) is 1.33. The first-order valence-corrected chi connectivity index (χ1v) is 5.70. The molecule has 0 radical (unpaired) electrons. The van der Waals surface area contributed by atoms with Gasteiger partial charge in [0.05, 0.1) is 6.04 Å². The van der Waals surface area contributed by atoms with Crippen molar-refractivity contribution in [2.24, 2.45) is 5.73 Å². The van der Waals surface area contributed by atoms with Crippen molar-refractivity contribution in [3.8, 4) is 0 Å². The summed E-state index contributed by atoms with van der Waals surface area (Å²) in [7, 11) is 0. The van der Waals surface area contributed by atoms with E-state index < -0.39 is 24.0 Å². The van der Waals surface area contributed by atoms with Crippen molar-refractivity contribution in [3.05, 3.63) is 29.8 Å². The SMILES string of the molecule is CC(NCc1cccc(NC(=O)C(F)(F)F)c1)C(N)=O. The van der Waals surface area contributed by atoms with Crippen LogP contribution in [0.5, 0.6) is 0 Å². The number of hydrogen-bond donors (Lipinski definition) is 3. The summed E-state index contributed by atoms with van der Waals surface area (Å²) in [6, 6.07) is 5.29. The molecule has 1 unspecified atom stereocenters. The number of nitrogens with one attached hydrogen (secondary N) is 2. The molecule has 0 fully saturated rings. The van der Waals surface area contributed by atoms with Crippen LogP contribution >= 0.6 is 0 Å². The van der Waals surface area contributed by atoms with E-state index in [1.165, 1.54) is 18.2 Å². The lowest BCUT2D eigenvalue weighted by atomic mass is 10.2. The van der Waals surface area contributed by atoms with Crippen LogP contribution in [0.1, 0.15) is 12.5 Å². The Labute approximate surface area is 113 Å². The second-order valence-electron chi connectivity index (χ2n) is 4.16.